The van der Waals surface area contributed by atoms with E-state index in [0.717, 1.165) is 22.7 Å². The van der Waals surface area contributed by atoms with Crippen molar-refractivity contribution in [2.24, 2.45) is 0 Å². The zero-order chi connectivity index (χ0) is 19.0. The minimum absolute atomic E-state index is 0.0111. The van der Waals surface area contributed by atoms with Gasteiger partial charge in [0.05, 0.1) is 13.2 Å². The number of rotatable bonds is 8. The Balaban J connectivity index is 1.77. The van der Waals surface area contributed by atoms with E-state index in [0.29, 0.717) is 26.1 Å². The quantitative estimate of drug-likeness (QED) is 0.664. The van der Waals surface area contributed by atoms with E-state index in [4.69, 9.17) is 9.47 Å². The molecule has 0 unspecified atom stereocenters. The molecule has 26 heavy (non-hydrogen) atoms. The SMILES string of the molecule is CCOc1ccc(OCCCC(=O)Nc2ccccc2C(C)(C)C)cc1. The summed E-state index contributed by atoms with van der Waals surface area (Å²) in [7, 11) is 0. The van der Waals surface area contributed by atoms with Gasteiger partial charge in [-0.2, -0.15) is 0 Å². The Hall–Kier alpha value is -2.49. The number of anilines is 1. The van der Waals surface area contributed by atoms with Gasteiger partial charge in [-0.05, 0) is 54.7 Å². The Morgan fingerprint density at radius 1 is 0.962 bits per heavy atom. The average molecular weight is 355 g/mol. The molecule has 1 amide bonds. The van der Waals surface area contributed by atoms with Crippen molar-refractivity contribution in [3.05, 3.63) is 54.1 Å². The van der Waals surface area contributed by atoms with Crippen LogP contribution in [-0.4, -0.2) is 19.1 Å². The van der Waals surface area contributed by atoms with Crippen LogP contribution in [0, 0.1) is 0 Å². The smallest absolute Gasteiger partial charge is 0.224 e. The number of amides is 1. The lowest BCUT2D eigenvalue weighted by Crippen LogP contribution is -2.18. The summed E-state index contributed by atoms with van der Waals surface area (Å²) in [6.45, 7) is 9.53. The minimum atomic E-state index is -0.0133. The predicted molar refractivity (Wildman–Crippen MR) is 106 cm³/mol. The molecule has 0 saturated heterocycles. The molecule has 2 rings (SSSR count). The van der Waals surface area contributed by atoms with E-state index in [1.54, 1.807) is 0 Å². The number of benzene rings is 2. The molecule has 2 aromatic rings. The summed E-state index contributed by atoms with van der Waals surface area (Å²) in [5, 5.41) is 3.03. The summed E-state index contributed by atoms with van der Waals surface area (Å²) >= 11 is 0. The zero-order valence-corrected chi connectivity index (χ0v) is 16.2. The van der Waals surface area contributed by atoms with Gasteiger partial charge in [-0.3, -0.25) is 4.79 Å². The topological polar surface area (TPSA) is 47.6 Å². The summed E-state index contributed by atoms with van der Waals surface area (Å²) in [6, 6.07) is 15.5. The third kappa shape index (κ3) is 6.10. The number of nitrogens with one attached hydrogen (secondary N) is 1. The summed E-state index contributed by atoms with van der Waals surface area (Å²) in [4.78, 5) is 12.2. The Kier molecular flexibility index (Phi) is 7.07. The van der Waals surface area contributed by atoms with Crippen LogP contribution in [-0.2, 0) is 10.2 Å². The number of carbonyl (C=O) groups is 1. The normalized spacial score (nSPS) is 11.1. The van der Waals surface area contributed by atoms with Crippen LogP contribution < -0.4 is 14.8 Å². The average Bonchev–Trinajstić information content (AvgIpc) is 2.60. The van der Waals surface area contributed by atoms with E-state index >= 15 is 0 Å². The van der Waals surface area contributed by atoms with Crippen LogP contribution >= 0.6 is 0 Å². The monoisotopic (exact) mass is 355 g/mol. The summed E-state index contributed by atoms with van der Waals surface area (Å²) in [5.41, 5.74) is 2.01. The molecule has 0 aromatic heterocycles. The summed E-state index contributed by atoms with van der Waals surface area (Å²) in [5.74, 6) is 1.63. The highest BCUT2D eigenvalue weighted by molar-refractivity contribution is 5.91. The first kappa shape index (κ1) is 19.8. The van der Waals surface area contributed by atoms with Crippen molar-refractivity contribution >= 4 is 11.6 Å². The van der Waals surface area contributed by atoms with E-state index in [1.165, 1.54) is 0 Å². The maximum absolute atomic E-state index is 12.2. The molecule has 0 aliphatic heterocycles. The molecule has 0 heterocycles. The molecule has 0 saturated carbocycles. The van der Waals surface area contributed by atoms with E-state index in [9.17, 15) is 4.79 Å². The molecule has 0 fully saturated rings. The number of hydrogen-bond donors (Lipinski definition) is 1. The van der Waals surface area contributed by atoms with Gasteiger partial charge in [0.1, 0.15) is 11.5 Å². The lowest BCUT2D eigenvalue weighted by atomic mass is 9.86. The fraction of sp³-hybridized carbons (Fsp3) is 0.409. The van der Waals surface area contributed by atoms with Crippen molar-refractivity contribution in [2.75, 3.05) is 18.5 Å². The Labute approximate surface area is 156 Å². The van der Waals surface area contributed by atoms with Crippen molar-refractivity contribution in [1.82, 2.24) is 0 Å². The molecule has 4 heteroatoms. The fourth-order valence-electron chi connectivity index (χ4n) is 2.68. The van der Waals surface area contributed by atoms with Crippen LogP contribution in [0.2, 0.25) is 0 Å². The Morgan fingerprint density at radius 2 is 1.58 bits per heavy atom. The van der Waals surface area contributed by atoms with Crippen molar-refractivity contribution in [3.8, 4) is 11.5 Å². The van der Waals surface area contributed by atoms with Crippen LogP contribution in [0.1, 0.15) is 46.1 Å². The van der Waals surface area contributed by atoms with Crippen LogP contribution in [0.4, 0.5) is 5.69 Å². The molecular formula is C22H29NO3. The molecule has 140 valence electrons. The molecule has 2 aromatic carbocycles. The maximum atomic E-state index is 12.2. The van der Waals surface area contributed by atoms with E-state index in [2.05, 4.69) is 32.2 Å². The first-order valence-corrected chi connectivity index (χ1v) is 9.15. The number of ether oxygens (including phenoxy) is 2. The van der Waals surface area contributed by atoms with E-state index < -0.39 is 0 Å². The number of para-hydroxylation sites is 1. The van der Waals surface area contributed by atoms with Crippen LogP contribution in [0.3, 0.4) is 0 Å². The van der Waals surface area contributed by atoms with Crippen molar-refractivity contribution in [2.45, 2.75) is 46.0 Å². The fourth-order valence-corrected chi connectivity index (χ4v) is 2.68. The van der Waals surface area contributed by atoms with Gasteiger partial charge in [-0.15, -0.1) is 0 Å². The molecule has 0 aliphatic carbocycles. The van der Waals surface area contributed by atoms with Gasteiger partial charge in [0.15, 0.2) is 0 Å². The molecule has 0 bridgehead atoms. The molecule has 4 nitrogen and oxygen atoms in total. The zero-order valence-electron chi connectivity index (χ0n) is 16.2. The van der Waals surface area contributed by atoms with Crippen LogP contribution in [0.15, 0.2) is 48.5 Å². The molecular weight excluding hydrogens is 326 g/mol. The predicted octanol–water partition coefficient (Wildman–Crippen LogP) is 5.18. The van der Waals surface area contributed by atoms with E-state index in [-0.39, 0.29) is 11.3 Å². The number of carbonyl (C=O) groups excluding carboxylic acids is 1. The van der Waals surface area contributed by atoms with Crippen LogP contribution in [0.5, 0.6) is 11.5 Å². The first-order valence-electron chi connectivity index (χ1n) is 9.15. The van der Waals surface area contributed by atoms with Crippen LogP contribution in [0.25, 0.3) is 0 Å². The maximum Gasteiger partial charge on any atom is 0.224 e. The summed E-state index contributed by atoms with van der Waals surface area (Å²) in [6.07, 6.45) is 1.09. The Morgan fingerprint density at radius 3 is 2.19 bits per heavy atom. The molecule has 0 radical (unpaired) electrons. The lowest BCUT2D eigenvalue weighted by molar-refractivity contribution is -0.116. The van der Waals surface area contributed by atoms with Gasteiger partial charge >= 0.3 is 0 Å². The number of hydrogen-bond acceptors (Lipinski definition) is 3. The second-order valence-corrected chi connectivity index (χ2v) is 7.20. The largest absolute Gasteiger partial charge is 0.494 e. The highest BCUT2D eigenvalue weighted by Crippen LogP contribution is 2.29. The van der Waals surface area contributed by atoms with E-state index in [1.807, 2.05) is 49.4 Å². The van der Waals surface area contributed by atoms with Gasteiger partial charge in [-0.25, -0.2) is 0 Å². The second kappa shape index (κ2) is 9.27. The first-order chi connectivity index (χ1) is 12.4. The van der Waals surface area contributed by atoms with Crippen molar-refractivity contribution < 1.29 is 14.3 Å². The minimum Gasteiger partial charge on any atom is -0.494 e. The summed E-state index contributed by atoms with van der Waals surface area (Å²) < 4.78 is 11.1. The van der Waals surface area contributed by atoms with Crippen molar-refractivity contribution in [3.63, 3.8) is 0 Å². The molecule has 1 N–H and O–H groups in total. The second-order valence-electron chi connectivity index (χ2n) is 7.20. The van der Waals surface area contributed by atoms with Gasteiger partial charge in [0.2, 0.25) is 5.91 Å². The third-order valence-corrected chi connectivity index (χ3v) is 3.96. The van der Waals surface area contributed by atoms with Gasteiger partial charge in [0.25, 0.3) is 0 Å². The highest BCUT2D eigenvalue weighted by Gasteiger charge is 2.18. The molecule has 0 atom stereocenters. The Bertz CT molecular complexity index is 702. The lowest BCUT2D eigenvalue weighted by Gasteiger charge is -2.23. The van der Waals surface area contributed by atoms with Gasteiger partial charge in [0, 0.05) is 12.1 Å². The molecule has 0 aliphatic rings. The van der Waals surface area contributed by atoms with Gasteiger partial charge < -0.3 is 14.8 Å². The highest BCUT2D eigenvalue weighted by atomic mass is 16.5. The standard InChI is InChI=1S/C22H29NO3/c1-5-25-17-12-14-18(15-13-17)26-16-8-11-21(24)23-20-10-7-6-9-19(20)22(2,3)4/h6-7,9-10,12-15H,5,8,11,16H2,1-4H3,(H,23,24). The third-order valence-electron chi connectivity index (χ3n) is 3.96. The molecule has 0 spiro atoms. The van der Waals surface area contributed by atoms with Crippen molar-refractivity contribution in [1.29, 1.82) is 0 Å². The van der Waals surface area contributed by atoms with Gasteiger partial charge in [-0.1, -0.05) is 39.0 Å².